The van der Waals surface area contributed by atoms with E-state index < -0.39 is 0 Å². The van der Waals surface area contributed by atoms with Crippen molar-refractivity contribution in [1.29, 1.82) is 5.41 Å². The Morgan fingerprint density at radius 1 is 1.50 bits per heavy atom. The van der Waals surface area contributed by atoms with Crippen molar-refractivity contribution < 1.29 is 5.11 Å². The van der Waals surface area contributed by atoms with Crippen LogP contribution in [0.3, 0.4) is 0 Å². The Labute approximate surface area is 108 Å². The molecule has 0 spiro atoms. The molecule has 0 aliphatic heterocycles. The van der Waals surface area contributed by atoms with Gasteiger partial charge in [-0.15, -0.1) is 0 Å². The number of nitrogens with two attached hydrogens (primary N) is 1. The monoisotopic (exact) mass is 250 g/mol. The van der Waals surface area contributed by atoms with E-state index >= 15 is 0 Å². The Kier molecular flexibility index (Phi) is 6.32. The Hall–Kier alpha value is -1.46. The number of aliphatic hydroxyl groups excluding tert-OH is 1. The van der Waals surface area contributed by atoms with Crippen LogP contribution in [0.1, 0.15) is 31.0 Å². The fraction of sp³-hybridized carbons (Fsp3) is 0.538. The van der Waals surface area contributed by atoms with Crippen LogP contribution in [0.25, 0.3) is 0 Å². The molecule has 0 aliphatic carbocycles. The Morgan fingerprint density at radius 3 is 2.89 bits per heavy atom. The minimum absolute atomic E-state index is 0.0147. The van der Waals surface area contributed by atoms with Crippen LogP contribution in [0.15, 0.2) is 18.3 Å². The van der Waals surface area contributed by atoms with E-state index in [1.54, 1.807) is 6.20 Å². The van der Waals surface area contributed by atoms with Crippen LogP contribution >= 0.6 is 0 Å². The highest BCUT2D eigenvalue weighted by Crippen LogP contribution is 2.07. The molecule has 1 heterocycles. The van der Waals surface area contributed by atoms with Crippen molar-refractivity contribution in [2.45, 2.75) is 26.3 Å². The molecular weight excluding hydrogens is 228 g/mol. The third kappa shape index (κ3) is 4.81. The van der Waals surface area contributed by atoms with Crippen LogP contribution in [0, 0.1) is 5.41 Å². The van der Waals surface area contributed by atoms with Crippen molar-refractivity contribution in [3.63, 3.8) is 0 Å². The predicted molar refractivity (Wildman–Crippen MR) is 72.5 cm³/mol. The SMILES string of the molecule is CCCCN(CCO)Cc1ccnc(C(=N)N)c1. The highest BCUT2D eigenvalue weighted by molar-refractivity contribution is 5.93. The summed E-state index contributed by atoms with van der Waals surface area (Å²) in [5.41, 5.74) is 7.00. The van der Waals surface area contributed by atoms with Crippen molar-refractivity contribution in [2.75, 3.05) is 19.7 Å². The van der Waals surface area contributed by atoms with Gasteiger partial charge < -0.3 is 10.8 Å². The van der Waals surface area contributed by atoms with E-state index in [2.05, 4.69) is 16.8 Å². The summed E-state index contributed by atoms with van der Waals surface area (Å²) >= 11 is 0. The van der Waals surface area contributed by atoms with E-state index in [1.807, 2.05) is 12.1 Å². The van der Waals surface area contributed by atoms with Gasteiger partial charge in [0.2, 0.25) is 0 Å². The number of nitrogen functional groups attached to an aromatic ring is 1. The molecule has 5 nitrogen and oxygen atoms in total. The molecule has 5 heteroatoms. The predicted octanol–water partition coefficient (Wildman–Crippen LogP) is 0.960. The molecule has 0 aromatic carbocycles. The van der Waals surface area contributed by atoms with Gasteiger partial charge in [-0.1, -0.05) is 13.3 Å². The first kappa shape index (κ1) is 14.6. The Morgan fingerprint density at radius 2 is 2.28 bits per heavy atom. The summed E-state index contributed by atoms with van der Waals surface area (Å²) in [6.45, 7) is 4.70. The Bertz CT molecular complexity index is 381. The van der Waals surface area contributed by atoms with E-state index in [4.69, 9.17) is 16.2 Å². The van der Waals surface area contributed by atoms with Crippen molar-refractivity contribution in [2.24, 2.45) is 5.73 Å². The van der Waals surface area contributed by atoms with E-state index in [-0.39, 0.29) is 12.4 Å². The zero-order valence-electron chi connectivity index (χ0n) is 10.9. The molecule has 18 heavy (non-hydrogen) atoms. The third-order valence-corrected chi connectivity index (χ3v) is 2.75. The average molecular weight is 250 g/mol. The standard InChI is InChI=1S/C13H22N4O/c1-2-3-6-17(7-8-18)10-11-4-5-16-12(9-11)13(14)15/h4-5,9,18H,2-3,6-8,10H2,1H3,(H3,14,15). The van der Waals surface area contributed by atoms with Gasteiger partial charge in [0.1, 0.15) is 11.5 Å². The minimum atomic E-state index is -0.0147. The number of amidine groups is 1. The van der Waals surface area contributed by atoms with Gasteiger partial charge in [-0.05, 0) is 30.7 Å². The summed E-state index contributed by atoms with van der Waals surface area (Å²) < 4.78 is 0. The fourth-order valence-electron chi connectivity index (χ4n) is 1.77. The van der Waals surface area contributed by atoms with Crippen molar-refractivity contribution >= 4 is 5.84 Å². The van der Waals surface area contributed by atoms with E-state index in [9.17, 15) is 0 Å². The summed E-state index contributed by atoms with van der Waals surface area (Å²) in [5, 5.41) is 16.4. The quantitative estimate of drug-likeness (QED) is 0.474. The number of pyridine rings is 1. The van der Waals surface area contributed by atoms with Gasteiger partial charge in [-0.25, -0.2) is 0 Å². The summed E-state index contributed by atoms with van der Waals surface area (Å²) in [7, 11) is 0. The second-order valence-electron chi connectivity index (χ2n) is 4.32. The third-order valence-electron chi connectivity index (χ3n) is 2.75. The molecule has 0 bridgehead atoms. The topological polar surface area (TPSA) is 86.2 Å². The van der Waals surface area contributed by atoms with Crippen LogP contribution < -0.4 is 5.73 Å². The highest BCUT2D eigenvalue weighted by atomic mass is 16.3. The van der Waals surface area contributed by atoms with Crippen molar-refractivity contribution in [1.82, 2.24) is 9.88 Å². The lowest BCUT2D eigenvalue weighted by atomic mass is 10.2. The first-order valence-corrected chi connectivity index (χ1v) is 6.30. The average Bonchev–Trinajstić information content (AvgIpc) is 2.36. The minimum Gasteiger partial charge on any atom is -0.395 e. The van der Waals surface area contributed by atoms with Gasteiger partial charge in [0.25, 0.3) is 0 Å². The first-order valence-electron chi connectivity index (χ1n) is 6.30. The summed E-state index contributed by atoms with van der Waals surface area (Å²) in [5.74, 6) is -0.0147. The highest BCUT2D eigenvalue weighted by Gasteiger charge is 2.06. The maximum atomic E-state index is 9.05. The molecule has 1 rings (SSSR count). The second kappa shape index (κ2) is 7.79. The molecular formula is C13H22N4O. The largest absolute Gasteiger partial charge is 0.395 e. The maximum Gasteiger partial charge on any atom is 0.141 e. The Balaban J connectivity index is 2.67. The summed E-state index contributed by atoms with van der Waals surface area (Å²) in [4.78, 5) is 6.23. The van der Waals surface area contributed by atoms with Crippen LogP contribution in [0.5, 0.6) is 0 Å². The van der Waals surface area contributed by atoms with Crippen molar-refractivity contribution in [3.8, 4) is 0 Å². The summed E-state index contributed by atoms with van der Waals surface area (Å²) in [6, 6.07) is 3.75. The number of aliphatic hydroxyl groups is 1. The molecule has 1 aromatic heterocycles. The number of hydrogen-bond acceptors (Lipinski definition) is 4. The second-order valence-corrected chi connectivity index (χ2v) is 4.32. The van der Waals surface area contributed by atoms with Gasteiger partial charge in [0, 0.05) is 19.3 Å². The van der Waals surface area contributed by atoms with Gasteiger partial charge >= 0.3 is 0 Å². The molecule has 1 aromatic rings. The van der Waals surface area contributed by atoms with Gasteiger partial charge in [0.05, 0.1) is 6.61 Å². The molecule has 0 amide bonds. The smallest absolute Gasteiger partial charge is 0.141 e. The van der Waals surface area contributed by atoms with Gasteiger partial charge in [-0.3, -0.25) is 15.3 Å². The van der Waals surface area contributed by atoms with Crippen LogP contribution in [0.2, 0.25) is 0 Å². The molecule has 0 saturated heterocycles. The molecule has 100 valence electrons. The number of unbranched alkanes of at least 4 members (excludes halogenated alkanes) is 1. The molecule has 0 radical (unpaired) electrons. The molecule has 0 atom stereocenters. The number of nitrogens with zero attached hydrogens (tertiary/aromatic N) is 2. The van der Waals surface area contributed by atoms with Crippen LogP contribution in [-0.2, 0) is 6.54 Å². The van der Waals surface area contributed by atoms with Crippen molar-refractivity contribution in [3.05, 3.63) is 29.6 Å². The van der Waals surface area contributed by atoms with E-state index in [0.717, 1.165) is 31.5 Å². The fourth-order valence-corrected chi connectivity index (χ4v) is 1.77. The molecule has 0 fully saturated rings. The molecule has 0 aliphatic rings. The lowest BCUT2D eigenvalue weighted by Gasteiger charge is -2.21. The number of hydrogen-bond donors (Lipinski definition) is 3. The lowest BCUT2D eigenvalue weighted by molar-refractivity contribution is 0.188. The molecule has 0 saturated carbocycles. The van der Waals surface area contributed by atoms with Crippen LogP contribution in [0.4, 0.5) is 0 Å². The first-order chi connectivity index (χ1) is 8.67. The number of aromatic nitrogens is 1. The van der Waals surface area contributed by atoms with Crippen LogP contribution in [-0.4, -0.2) is 40.5 Å². The maximum absolute atomic E-state index is 9.05. The zero-order chi connectivity index (χ0) is 13.4. The lowest BCUT2D eigenvalue weighted by Crippen LogP contribution is -2.27. The number of nitrogens with one attached hydrogen (secondary N) is 1. The zero-order valence-corrected chi connectivity index (χ0v) is 10.9. The van der Waals surface area contributed by atoms with Gasteiger partial charge in [-0.2, -0.15) is 0 Å². The normalized spacial score (nSPS) is 10.8. The van der Waals surface area contributed by atoms with Gasteiger partial charge in [0.15, 0.2) is 0 Å². The van der Waals surface area contributed by atoms with E-state index in [0.29, 0.717) is 12.2 Å². The van der Waals surface area contributed by atoms with E-state index in [1.165, 1.54) is 0 Å². The summed E-state index contributed by atoms with van der Waals surface area (Å²) in [6.07, 6.45) is 3.92. The molecule has 4 N–H and O–H groups in total. The number of rotatable bonds is 8. The molecule has 0 unspecified atom stereocenters.